The number of unbranched alkanes of at least 4 members (excludes halogenated alkanes) is 1. The van der Waals surface area contributed by atoms with Crippen LogP contribution in [-0.4, -0.2) is 26.2 Å². The lowest BCUT2D eigenvalue weighted by Crippen LogP contribution is -2.17. The topological polar surface area (TPSA) is 52.6 Å². The minimum Gasteiger partial charge on any atom is -0.496 e. The average molecular weight is 401 g/mol. The van der Waals surface area contributed by atoms with Gasteiger partial charge in [0.25, 0.3) is 0 Å². The lowest BCUT2D eigenvalue weighted by molar-refractivity contribution is 0.103. The van der Waals surface area contributed by atoms with Gasteiger partial charge in [0.05, 0.1) is 19.8 Å². The second-order valence-corrected chi connectivity index (χ2v) is 8.47. The summed E-state index contributed by atoms with van der Waals surface area (Å²) < 4.78 is 23.9. The molecular weight excluding hydrogens is 371 g/mol. The van der Waals surface area contributed by atoms with Crippen LogP contribution < -0.4 is 14.8 Å². The number of methoxy groups -OCH3 is 2. The largest absolute Gasteiger partial charge is 0.496 e. The van der Waals surface area contributed by atoms with E-state index in [4.69, 9.17) is 9.47 Å². The molecule has 2 atom stereocenters. The highest BCUT2D eigenvalue weighted by Crippen LogP contribution is 2.34. The normalized spacial score (nSPS) is 12.4. The molecule has 0 radical (unpaired) electrons. The standard InChI is InChI=1S/C23H30O4P/c1-5-7-11-17(6-2)16-28(25)21-15-9-8-12-18(21)23(24)22-19(26-3)13-10-14-20(22)27-4/h8-10,12-15,17H,5-7,11,16H2,1-4H3/q+1. The van der Waals surface area contributed by atoms with Gasteiger partial charge >= 0.3 is 7.80 Å². The number of hydrogen-bond acceptors (Lipinski definition) is 4. The second kappa shape index (κ2) is 11.0. The molecule has 0 aliphatic heterocycles. The van der Waals surface area contributed by atoms with Gasteiger partial charge in [0, 0.05) is 5.92 Å². The SMILES string of the molecule is CCCCC(CC)C[P+](=O)c1ccccc1C(=O)c1c(OC)cccc1OC. The van der Waals surface area contributed by atoms with Gasteiger partial charge in [-0.2, -0.15) is 0 Å². The van der Waals surface area contributed by atoms with Gasteiger partial charge < -0.3 is 9.47 Å². The van der Waals surface area contributed by atoms with Crippen LogP contribution in [0.25, 0.3) is 0 Å². The van der Waals surface area contributed by atoms with E-state index in [9.17, 15) is 9.36 Å². The zero-order valence-corrected chi connectivity index (χ0v) is 18.1. The van der Waals surface area contributed by atoms with Gasteiger partial charge in [-0.25, -0.2) is 0 Å². The Hall–Kier alpha value is -2.19. The minimum absolute atomic E-state index is 0.227. The molecule has 0 spiro atoms. The first-order valence-electron chi connectivity index (χ1n) is 9.86. The summed E-state index contributed by atoms with van der Waals surface area (Å²) >= 11 is 0. The van der Waals surface area contributed by atoms with Crippen LogP contribution in [0.4, 0.5) is 0 Å². The third kappa shape index (κ3) is 5.20. The summed E-state index contributed by atoms with van der Waals surface area (Å²) in [6.07, 6.45) is 4.96. The molecule has 150 valence electrons. The average Bonchev–Trinajstić information content (AvgIpc) is 2.75. The summed E-state index contributed by atoms with van der Waals surface area (Å²) in [6.45, 7) is 4.31. The smallest absolute Gasteiger partial charge is 0.377 e. The molecular formula is C23H30O4P+. The van der Waals surface area contributed by atoms with Crippen molar-refractivity contribution in [2.24, 2.45) is 5.92 Å². The van der Waals surface area contributed by atoms with Crippen LogP contribution in [0.2, 0.25) is 0 Å². The Labute approximate surface area is 169 Å². The fourth-order valence-corrected chi connectivity index (χ4v) is 5.15. The van der Waals surface area contributed by atoms with E-state index in [1.807, 2.05) is 6.07 Å². The van der Waals surface area contributed by atoms with Crippen LogP contribution in [0.1, 0.15) is 55.5 Å². The van der Waals surface area contributed by atoms with Gasteiger partial charge in [-0.15, -0.1) is 0 Å². The predicted octanol–water partition coefficient (Wildman–Crippen LogP) is 5.60. The maximum atomic E-state index is 13.4. The van der Waals surface area contributed by atoms with Gasteiger partial charge in [-0.1, -0.05) is 49.5 Å². The van der Waals surface area contributed by atoms with Crippen LogP contribution in [0.15, 0.2) is 42.5 Å². The summed E-state index contributed by atoms with van der Waals surface area (Å²) in [6, 6.07) is 12.4. The van der Waals surface area contributed by atoms with Crippen molar-refractivity contribution in [2.45, 2.75) is 39.5 Å². The Bertz CT molecular complexity index is 794. The molecule has 0 saturated heterocycles. The molecule has 0 N–H and O–H groups in total. The lowest BCUT2D eigenvalue weighted by atomic mass is 10.0. The van der Waals surface area contributed by atoms with Crippen molar-refractivity contribution < 1.29 is 18.8 Å². The molecule has 0 aromatic heterocycles. The first-order valence-corrected chi connectivity index (χ1v) is 11.3. The molecule has 0 amide bonds. The van der Waals surface area contributed by atoms with Crippen molar-refractivity contribution in [3.05, 3.63) is 53.6 Å². The molecule has 2 aromatic rings. The van der Waals surface area contributed by atoms with E-state index in [0.29, 0.717) is 40.0 Å². The maximum Gasteiger partial charge on any atom is 0.377 e. The molecule has 4 nitrogen and oxygen atoms in total. The summed E-state index contributed by atoms with van der Waals surface area (Å²) in [5, 5.41) is 0.616. The third-order valence-electron chi connectivity index (χ3n) is 5.04. The Morgan fingerprint density at radius 2 is 1.64 bits per heavy atom. The summed E-state index contributed by atoms with van der Waals surface area (Å²) in [4.78, 5) is 13.4. The van der Waals surface area contributed by atoms with Crippen LogP contribution >= 0.6 is 7.80 Å². The number of benzene rings is 2. The first-order chi connectivity index (χ1) is 13.6. The molecule has 0 aliphatic carbocycles. The molecule has 5 heteroatoms. The van der Waals surface area contributed by atoms with Gasteiger partial charge in [0.1, 0.15) is 17.1 Å². The van der Waals surface area contributed by atoms with Crippen LogP contribution in [0.5, 0.6) is 11.5 Å². The van der Waals surface area contributed by atoms with Crippen molar-refractivity contribution in [3.8, 4) is 11.5 Å². The molecule has 0 heterocycles. The summed E-state index contributed by atoms with van der Waals surface area (Å²) in [5.74, 6) is 1.08. The van der Waals surface area contributed by atoms with Crippen molar-refractivity contribution in [2.75, 3.05) is 20.4 Å². The first kappa shape index (κ1) is 22.1. The Morgan fingerprint density at radius 3 is 2.21 bits per heavy atom. The third-order valence-corrected chi connectivity index (χ3v) is 6.81. The number of ketones is 1. The number of carbonyl (C=O) groups is 1. The van der Waals surface area contributed by atoms with E-state index >= 15 is 0 Å². The minimum atomic E-state index is -1.66. The van der Waals surface area contributed by atoms with Crippen molar-refractivity contribution >= 4 is 18.9 Å². The second-order valence-electron chi connectivity index (χ2n) is 6.86. The quantitative estimate of drug-likeness (QED) is 0.363. The highest BCUT2D eigenvalue weighted by molar-refractivity contribution is 7.53. The van der Waals surface area contributed by atoms with Crippen molar-refractivity contribution in [1.29, 1.82) is 0 Å². The lowest BCUT2D eigenvalue weighted by Gasteiger charge is -2.12. The zero-order valence-electron chi connectivity index (χ0n) is 17.2. The van der Waals surface area contributed by atoms with E-state index in [-0.39, 0.29) is 5.78 Å². The highest BCUT2D eigenvalue weighted by atomic mass is 31.1. The number of rotatable bonds is 11. The van der Waals surface area contributed by atoms with Gasteiger partial charge in [0.15, 0.2) is 6.16 Å². The van der Waals surface area contributed by atoms with Crippen LogP contribution in [-0.2, 0) is 4.57 Å². The Balaban J connectivity index is 2.39. The molecule has 28 heavy (non-hydrogen) atoms. The van der Waals surface area contributed by atoms with Crippen molar-refractivity contribution in [3.63, 3.8) is 0 Å². The predicted molar refractivity (Wildman–Crippen MR) is 115 cm³/mol. The molecule has 2 unspecified atom stereocenters. The Morgan fingerprint density at radius 1 is 1.00 bits per heavy atom. The number of hydrogen-bond donors (Lipinski definition) is 0. The van der Waals surface area contributed by atoms with Crippen LogP contribution in [0.3, 0.4) is 0 Å². The van der Waals surface area contributed by atoms with Crippen molar-refractivity contribution in [1.82, 2.24) is 0 Å². The van der Waals surface area contributed by atoms with Gasteiger partial charge in [0.2, 0.25) is 11.1 Å². The number of ether oxygens (including phenoxy) is 2. The highest BCUT2D eigenvalue weighted by Gasteiger charge is 2.31. The summed E-state index contributed by atoms with van der Waals surface area (Å²) in [7, 11) is 1.39. The van der Waals surface area contributed by atoms with Gasteiger partial charge in [-0.3, -0.25) is 4.79 Å². The van der Waals surface area contributed by atoms with E-state index in [2.05, 4.69) is 13.8 Å². The van der Waals surface area contributed by atoms with E-state index in [1.165, 1.54) is 14.2 Å². The number of carbonyl (C=O) groups excluding carboxylic acids is 1. The molecule has 0 fully saturated rings. The summed E-state index contributed by atoms with van der Waals surface area (Å²) in [5.41, 5.74) is 0.818. The Kier molecular flexibility index (Phi) is 8.66. The van der Waals surface area contributed by atoms with Gasteiger partial charge in [-0.05, 0) is 37.1 Å². The van der Waals surface area contributed by atoms with E-state index < -0.39 is 7.80 Å². The van der Waals surface area contributed by atoms with Crippen LogP contribution in [0, 0.1) is 5.92 Å². The zero-order chi connectivity index (χ0) is 20.5. The molecule has 2 rings (SSSR count). The molecule has 0 saturated carbocycles. The maximum absolute atomic E-state index is 13.4. The fraction of sp³-hybridized carbons (Fsp3) is 0.435. The van der Waals surface area contributed by atoms with E-state index in [1.54, 1.807) is 36.4 Å². The fourth-order valence-electron chi connectivity index (χ4n) is 3.34. The monoisotopic (exact) mass is 401 g/mol. The molecule has 2 aromatic carbocycles. The molecule has 0 aliphatic rings. The molecule has 0 bridgehead atoms. The van der Waals surface area contributed by atoms with E-state index in [0.717, 1.165) is 25.7 Å².